The van der Waals surface area contributed by atoms with Crippen LogP contribution in [0, 0.1) is 0 Å². The summed E-state index contributed by atoms with van der Waals surface area (Å²) in [4.78, 5) is 16.8. The Morgan fingerprint density at radius 1 is 0.400 bits per heavy atom. The monoisotopic (exact) mass is 597 g/mol. The molecular formula is C39H23N3O2S. The van der Waals surface area contributed by atoms with E-state index in [4.69, 9.17) is 24.1 Å². The van der Waals surface area contributed by atoms with Crippen LogP contribution in [0.4, 0.5) is 0 Å². The Kier molecular flexibility index (Phi) is 5.99. The first-order chi connectivity index (χ1) is 22.2. The maximum atomic E-state index is 6.37. The van der Waals surface area contributed by atoms with Gasteiger partial charge < -0.3 is 9.15 Å². The van der Waals surface area contributed by atoms with Gasteiger partial charge in [0, 0.05) is 27.5 Å². The summed E-state index contributed by atoms with van der Waals surface area (Å²) < 4.78 is 12.5. The largest absolute Gasteiger partial charge is 0.456 e. The molecule has 0 amide bonds. The number of aromatic nitrogens is 3. The van der Waals surface area contributed by atoms with Crippen LogP contribution in [0.15, 0.2) is 154 Å². The molecule has 2 aromatic heterocycles. The zero-order chi connectivity index (χ0) is 29.7. The van der Waals surface area contributed by atoms with Crippen LogP contribution in [0.2, 0.25) is 0 Å². The van der Waals surface area contributed by atoms with Gasteiger partial charge in [-0.3, -0.25) is 0 Å². The van der Waals surface area contributed by atoms with Gasteiger partial charge in [0.1, 0.15) is 22.7 Å². The molecule has 0 fully saturated rings. The van der Waals surface area contributed by atoms with Crippen molar-refractivity contribution in [1.29, 1.82) is 0 Å². The van der Waals surface area contributed by atoms with E-state index in [0.717, 1.165) is 71.0 Å². The molecule has 9 rings (SSSR count). The van der Waals surface area contributed by atoms with Crippen molar-refractivity contribution < 1.29 is 9.15 Å². The minimum atomic E-state index is 0.598. The number of para-hydroxylation sites is 1. The highest BCUT2D eigenvalue weighted by Gasteiger charge is 2.19. The highest BCUT2D eigenvalue weighted by Crippen LogP contribution is 2.48. The maximum absolute atomic E-state index is 6.37. The van der Waals surface area contributed by atoms with Crippen LogP contribution in [0.5, 0.6) is 11.5 Å². The molecule has 0 aliphatic carbocycles. The van der Waals surface area contributed by atoms with Crippen molar-refractivity contribution in [2.45, 2.75) is 9.79 Å². The van der Waals surface area contributed by atoms with Crippen molar-refractivity contribution in [3.05, 3.63) is 140 Å². The SMILES string of the molecule is c1ccc(-c2nc(-c3ccccc3)nc(-c3ccc4c(c3)oc3ccc(-c5ccc6c(c5)Sc5ccccc5O6)cc34)n2)cc1. The van der Waals surface area contributed by atoms with Crippen LogP contribution in [-0.4, -0.2) is 15.0 Å². The van der Waals surface area contributed by atoms with Crippen molar-refractivity contribution in [2.24, 2.45) is 0 Å². The number of hydrogen-bond acceptors (Lipinski definition) is 6. The molecule has 1 aliphatic rings. The lowest BCUT2D eigenvalue weighted by Gasteiger charge is -2.20. The molecule has 0 bridgehead atoms. The molecule has 0 unspecified atom stereocenters. The average molecular weight is 598 g/mol. The van der Waals surface area contributed by atoms with Crippen LogP contribution in [0.1, 0.15) is 0 Å². The number of fused-ring (bicyclic) bond motifs is 5. The van der Waals surface area contributed by atoms with Gasteiger partial charge in [0.05, 0.1) is 9.79 Å². The van der Waals surface area contributed by atoms with Crippen LogP contribution in [-0.2, 0) is 0 Å². The van der Waals surface area contributed by atoms with Crippen LogP contribution in [0.25, 0.3) is 67.2 Å². The van der Waals surface area contributed by atoms with Gasteiger partial charge in [0.2, 0.25) is 0 Å². The van der Waals surface area contributed by atoms with Crippen molar-refractivity contribution in [1.82, 2.24) is 15.0 Å². The number of furan rings is 1. The quantitative estimate of drug-likeness (QED) is 0.201. The molecule has 0 saturated carbocycles. The molecule has 8 aromatic rings. The summed E-state index contributed by atoms with van der Waals surface area (Å²) in [5.41, 5.74) is 6.61. The van der Waals surface area contributed by atoms with E-state index in [9.17, 15) is 0 Å². The van der Waals surface area contributed by atoms with E-state index >= 15 is 0 Å². The van der Waals surface area contributed by atoms with E-state index in [-0.39, 0.29) is 0 Å². The molecule has 0 N–H and O–H groups in total. The Balaban J connectivity index is 1.11. The zero-order valence-electron chi connectivity index (χ0n) is 23.8. The van der Waals surface area contributed by atoms with Crippen LogP contribution < -0.4 is 4.74 Å². The molecule has 1 aliphatic heterocycles. The van der Waals surface area contributed by atoms with E-state index in [1.54, 1.807) is 11.8 Å². The van der Waals surface area contributed by atoms with Gasteiger partial charge in [-0.05, 0) is 59.7 Å². The fraction of sp³-hybridized carbons (Fsp3) is 0. The fourth-order valence-corrected chi connectivity index (χ4v) is 6.73. The second-order valence-corrected chi connectivity index (χ2v) is 12.0. The summed E-state index contributed by atoms with van der Waals surface area (Å²) in [6.07, 6.45) is 0. The smallest absolute Gasteiger partial charge is 0.164 e. The lowest BCUT2D eigenvalue weighted by molar-refractivity contribution is 0.454. The van der Waals surface area contributed by atoms with Gasteiger partial charge in [-0.15, -0.1) is 0 Å². The van der Waals surface area contributed by atoms with E-state index in [0.29, 0.717) is 17.5 Å². The fourth-order valence-electron chi connectivity index (χ4n) is 5.74. The first-order valence-electron chi connectivity index (χ1n) is 14.7. The molecule has 0 atom stereocenters. The van der Waals surface area contributed by atoms with E-state index in [2.05, 4.69) is 48.5 Å². The maximum Gasteiger partial charge on any atom is 0.164 e. The third-order valence-corrected chi connectivity index (χ3v) is 9.09. The Morgan fingerprint density at radius 2 is 1.00 bits per heavy atom. The molecule has 45 heavy (non-hydrogen) atoms. The molecule has 0 radical (unpaired) electrons. The summed E-state index contributed by atoms with van der Waals surface area (Å²) in [6.45, 7) is 0. The predicted molar refractivity (Wildman–Crippen MR) is 179 cm³/mol. The third kappa shape index (κ3) is 4.63. The number of nitrogens with zero attached hydrogens (tertiary/aromatic N) is 3. The molecule has 5 nitrogen and oxygen atoms in total. The van der Waals surface area contributed by atoms with E-state index in [1.165, 1.54) is 0 Å². The van der Waals surface area contributed by atoms with Crippen molar-refractivity contribution in [3.8, 4) is 56.8 Å². The van der Waals surface area contributed by atoms with E-state index in [1.807, 2.05) is 91.0 Å². The lowest BCUT2D eigenvalue weighted by Crippen LogP contribution is -2.00. The van der Waals surface area contributed by atoms with Gasteiger partial charge in [-0.25, -0.2) is 15.0 Å². The molecule has 0 saturated heterocycles. The van der Waals surface area contributed by atoms with Gasteiger partial charge in [-0.1, -0.05) is 103 Å². The molecule has 6 aromatic carbocycles. The molecule has 6 heteroatoms. The summed E-state index contributed by atoms with van der Waals surface area (Å²) in [6, 6.07) is 47.1. The van der Waals surface area contributed by atoms with Crippen molar-refractivity contribution >= 4 is 33.7 Å². The summed E-state index contributed by atoms with van der Waals surface area (Å²) in [5, 5.41) is 2.10. The second-order valence-electron chi connectivity index (χ2n) is 10.9. The standard InChI is InChI=1S/C39H23N3O2S/c1-3-9-24(10-4-1)37-40-38(25-11-5-2-6-12-25)42-39(41-37)28-15-18-29-30-21-26(16-19-31(30)43-34(29)22-28)27-17-20-33-36(23-27)45-35-14-8-7-13-32(35)44-33/h1-23H. The normalized spacial score (nSPS) is 12.1. The van der Waals surface area contributed by atoms with E-state index < -0.39 is 0 Å². The Hall–Kier alpha value is -5.72. The topological polar surface area (TPSA) is 61.0 Å². The average Bonchev–Trinajstić information content (AvgIpc) is 3.48. The molecule has 212 valence electrons. The minimum Gasteiger partial charge on any atom is -0.456 e. The van der Waals surface area contributed by atoms with Gasteiger partial charge >= 0.3 is 0 Å². The number of ether oxygens (including phenoxy) is 1. The predicted octanol–water partition coefficient (Wildman–Crippen LogP) is 10.7. The van der Waals surface area contributed by atoms with Crippen LogP contribution >= 0.6 is 11.8 Å². The molecule has 3 heterocycles. The Labute approximate surface area is 263 Å². The zero-order valence-corrected chi connectivity index (χ0v) is 24.7. The summed E-state index contributed by atoms with van der Waals surface area (Å²) in [5.74, 6) is 3.64. The van der Waals surface area contributed by atoms with Crippen molar-refractivity contribution in [3.63, 3.8) is 0 Å². The minimum absolute atomic E-state index is 0.598. The lowest BCUT2D eigenvalue weighted by atomic mass is 10.0. The molecule has 0 spiro atoms. The van der Waals surface area contributed by atoms with Crippen LogP contribution in [0.3, 0.4) is 0 Å². The second kappa shape index (κ2) is 10.5. The number of rotatable bonds is 4. The van der Waals surface area contributed by atoms with Gasteiger partial charge in [0.15, 0.2) is 17.5 Å². The third-order valence-electron chi connectivity index (χ3n) is 7.99. The highest BCUT2D eigenvalue weighted by molar-refractivity contribution is 7.99. The first-order valence-corrected chi connectivity index (χ1v) is 15.5. The Morgan fingerprint density at radius 3 is 1.76 bits per heavy atom. The number of hydrogen-bond donors (Lipinski definition) is 0. The molecular weight excluding hydrogens is 575 g/mol. The van der Waals surface area contributed by atoms with Gasteiger partial charge in [-0.2, -0.15) is 0 Å². The first kappa shape index (κ1) is 25.7. The summed E-state index contributed by atoms with van der Waals surface area (Å²) in [7, 11) is 0. The van der Waals surface area contributed by atoms with Crippen molar-refractivity contribution in [2.75, 3.05) is 0 Å². The summed E-state index contributed by atoms with van der Waals surface area (Å²) >= 11 is 1.74. The van der Waals surface area contributed by atoms with Gasteiger partial charge in [0.25, 0.3) is 0 Å². The Bertz CT molecular complexity index is 2330. The number of benzene rings is 6. The highest BCUT2D eigenvalue weighted by atomic mass is 32.2.